The number of aliphatic imine (C=N–C) groups is 1. The van der Waals surface area contributed by atoms with Gasteiger partial charge in [0.05, 0.1) is 22.9 Å². The van der Waals surface area contributed by atoms with Crippen molar-refractivity contribution in [1.82, 2.24) is 0 Å². The molecule has 0 heterocycles. The summed E-state index contributed by atoms with van der Waals surface area (Å²) < 4.78 is 4.04. The Labute approximate surface area is 91.6 Å². The summed E-state index contributed by atoms with van der Waals surface area (Å²) in [7, 11) is 0. The average molecular weight is 284 g/mol. The first kappa shape index (κ1) is 10.1. The van der Waals surface area contributed by atoms with E-state index in [2.05, 4.69) is 14.8 Å². The van der Waals surface area contributed by atoms with Crippen LogP contribution in [0.1, 0.15) is 5.56 Å². The van der Waals surface area contributed by atoms with Crippen molar-refractivity contribution in [2.24, 2.45) is 8.20 Å². The highest BCUT2D eigenvalue weighted by Gasteiger charge is 1.97. The molecule has 0 fully saturated rings. The average Bonchev–Trinajstić information content (AvgIpc) is 2.21. The number of amidine groups is 1. The Kier molecular flexibility index (Phi) is 4.39. The molecular weight excluding hydrogens is 275 g/mol. The number of allylic oxidation sites excluding steroid dienone is 1. The van der Waals surface area contributed by atoms with Gasteiger partial charge in [-0.3, -0.25) is 0 Å². The minimum atomic E-state index is 0.709. The summed E-state index contributed by atoms with van der Waals surface area (Å²) in [4.78, 5) is 4.13. The summed E-state index contributed by atoms with van der Waals surface area (Å²) in [5.74, 6) is 0.709. The molecule has 0 bridgehead atoms. The molecule has 1 rings (SSSR count). The third-order valence-corrected chi connectivity index (χ3v) is 1.87. The van der Waals surface area contributed by atoms with E-state index in [0.29, 0.717) is 5.84 Å². The van der Waals surface area contributed by atoms with Crippen LogP contribution in [0.4, 0.5) is 0 Å². The number of halogens is 1. The molecule has 0 saturated heterocycles. The molecule has 0 aliphatic rings. The summed E-state index contributed by atoms with van der Waals surface area (Å²) in [5.41, 5.74) is 1.01. The van der Waals surface area contributed by atoms with E-state index in [1.54, 1.807) is 12.3 Å². The van der Waals surface area contributed by atoms with Crippen LogP contribution in [0.5, 0.6) is 0 Å². The largest absolute Gasteiger partial charge is 0.236 e. The van der Waals surface area contributed by atoms with Gasteiger partial charge in [-0.2, -0.15) is 3.21 Å². The molecule has 0 saturated carbocycles. The van der Waals surface area contributed by atoms with E-state index in [1.165, 1.54) is 0 Å². The fourth-order valence-electron chi connectivity index (χ4n) is 0.856. The van der Waals surface area contributed by atoms with Crippen LogP contribution in [0.25, 0.3) is 0 Å². The summed E-state index contributed by atoms with van der Waals surface area (Å²) in [6, 6.07) is 9.82. The standard InChI is InChI=1S/C10H9IN2/c1-2-8-12-10(13-11)9-6-4-3-5-7-9/h2-8H,1H2/b12-8-,13-10-. The summed E-state index contributed by atoms with van der Waals surface area (Å²) in [6.07, 6.45) is 3.26. The maximum absolute atomic E-state index is 4.13. The predicted octanol–water partition coefficient (Wildman–Crippen LogP) is 3.04. The summed E-state index contributed by atoms with van der Waals surface area (Å²) in [6.45, 7) is 3.55. The molecule has 0 atom stereocenters. The molecule has 0 amide bonds. The Hall–Kier alpha value is -0.970. The highest BCUT2D eigenvalue weighted by molar-refractivity contribution is 14.1. The summed E-state index contributed by atoms with van der Waals surface area (Å²) in [5, 5.41) is 0. The number of hydrogen-bond acceptors (Lipinski definition) is 1. The van der Waals surface area contributed by atoms with E-state index in [0.717, 1.165) is 5.56 Å². The molecule has 3 heteroatoms. The first-order chi connectivity index (χ1) is 6.38. The molecule has 0 radical (unpaired) electrons. The Balaban J connectivity index is 2.92. The van der Waals surface area contributed by atoms with E-state index in [1.807, 2.05) is 53.2 Å². The molecule has 0 aromatic heterocycles. The monoisotopic (exact) mass is 284 g/mol. The fourth-order valence-corrected chi connectivity index (χ4v) is 1.26. The predicted molar refractivity (Wildman–Crippen MR) is 65.7 cm³/mol. The lowest BCUT2D eigenvalue weighted by Crippen LogP contribution is -1.94. The minimum Gasteiger partial charge on any atom is -0.236 e. The number of rotatable bonds is 2. The Morgan fingerprint density at radius 3 is 2.54 bits per heavy atom. The van der Waals surface area contributed by atoms with Gasteiger partial charge in [0.25, 0.3) is 0 Å². The van der Waals surface area contributed by atoms with E-state index in [-0.39, 0.29) is 0 Å². The Morgan fingerprint density at radius 2 is 2.00 bits per heavy atom. The van der Waals surface area contributed by atoms with Gasteiger partial charge in [0.1, 0.15) is 0 Å². The van der Waals surface area contributed by atoms with Crippen LogP contribution in [-0.2, 0) is 0 Å². The maximum Gasteiger partial charge on any atom is 0.165 e. The van der Waals surface area contributed by atoms with Gasteiger partial charge in [-0.25, -0.2) is 4.99 Å². The molecule has 13 heavy (non-hydrogen) atoms. The van der Waals surface area contributed by atoms with Gasteiger partial charge in [0, 0.05) is 11.8 Å². The molecule has 0 unspecified atom stereocenters. The van der Waals surface area contributed by atoms with Crippen LogP contribution in [0.2, 0.25) is 0 Å². The van der Waals surface area contributed by atoms with Crippen LogP contribution >= 0.6 is 22.9 Å². The molecule has 0 N–H and O–H groups in total. The zero-order chi connectivity index (χ0) is 9.52. The Morgan fingerprint density at radius 1 is 1.31 bits per heavy atom. The first-order valence-corrected chi connectivity index (χ1v) is 4.74. The van der Waals surface area contributed by atoms with Crippen molar-refractivity contribution < 1.29 is 0 Å². The number of benzene rings is 1. The van der Waals surface area contributed by atoms with Gasteiger partial charge >= 0.3 is 0 Å². The lowest BCUT2D eigenvalue weighted by Gasteiger charge is -1.96. The van der Waals surface area contributed by atoms with Gasteiger partial charge in [-0.1, -0.05) is 43.0 Å². The third-order valence-electron chi connectivity index (χ3n) is 1.41. The van der Waals surface area contributed by atoms with Crippen molar-refractivity contribution in [2.75, 3.05) is 0 Å². The normalized spacial score (nSPS) is 11.9. The molecular formula is C10H9IN2. The van der Waals surface area contributed by atoms with Crippen LogP contribution in [0.15, 0.2) is 51.2 Å². The van der Waals surface area contributed by atoms with Gasteiger partial charge in [-0.15, -0.1) is 0 Å². The molecule has 1 aromatic rings. The van der Waals surface area contributed by atoms with Crippen molar-refractivity contribution in [3.63, 3.8) is 0 Å². The second-order valence-corrected chi connectivity index (χ2v) is 2.77. The first-order valence-electron chi connectivity index (χ1n) is 3.78. The van der Waals surface area contributed by atoms with Crippen molar-refractivity contribution in [3.05, 3.63) is 48.6 Å². The van der Waals surface area contributed by atoms with Gasteiger partial charge in [0.15, 0.2) is 5.84 Å². The zero-order valence-corrected chi connectivity index (χ0v) is 9.18. The fraction of sp³-hybridized carbons (Fsp3) is 0. The smallest absolute Gasteiger partial charge is 0.165 e. The van der Waals surface area contributed by atoms with E-state index >= 15 is 0 Å². The number of nitrogens with zero attached hydrogens (tertiary/aromatic N) is 2. The van der Waals surface area contributed by atoms with Crippen molar-refractivity contribution in [3.8, 4) is 0 Å². The SMILES string of the molecule is C=C/C=N\C(=N/I)c1ccccc1. The molecule has 0 aliphatic heterocycles. The van der Waals surface area contributed by atoms with Gasteiger partial charge in [-0.05, 0) is 0 Å². The topological polar surface area (TPSA) is 24.7 Å². The van der Waals surface area contributed by atoms with Crippen LogP contribution < -0.4 is 0 Å². The van der Waals surface area contributed by atoms with E-state index < -0.39 is 0 Å². The second kappa shape index (κ2) is 5.64. The molecule has 0 spiro atoms. The highest BCUT2D eigenvalue weighted by Crippen LogP contribution is 2.04. The van der Waals surface area contributed by atoms with Crippen LogP contribution in [-0.4, -0.2) is 12.1 Å². The van der Waals surface area contributed by atoms with Crippen molar-refractivity contribution in [1.29, 1.82) is 0 Å². The quantitative estimate of drug-likeness (QED) is 0.453. The van der Waals surface area contributed by atoms with Crippen molar-refractivity contribution >= 4 is 34.9 Å². The highest BCUT2D eigenvalue weighted by atomic mass is 127. The van der Waals surface area contributed by atoms with Gasteiger partial charge in [0.2, 0.25) is 0 Å². The molecule has 2 nitrogen and oxygen atoms in total. The third kappa shape index (κ3) is 3.10. The van der Waals surface area contributed by atoms with E-state index in [9.17, 15) is 0 Å². The second-order valence-electron chi connectivity index (χ2n) is 2.29. The van der Waals surface area contributed by atoms with Crippen LogP contribution in [0, 0.1) is 0 Å². The zero-order valence-electron chi connectivity index (χ0n) is 7.02. The van der Waals surface area contributed by atoms with Crippen molar-refractivity contribution in [2.45, 2.75) is 0 Å². The maximum atomic E-state index is 4.13. The van der Waals surface area contributed by atoms with Gasteiger partial charge < -0.3 is 0 Å². The van der Waals surface area contributed by atoms with Crippen LogP contribution in [0.3, 0.4) is 0 Å². The Bertz CT molecular complexity index is 328. The molecule has 0 aliphatic carbocycles. The lowest BCUT2D eigenvalue weighted by atomic mass is 10.2. The molecule has 66 valence electrons. The summed E-state index contributed by atoms with van der Waals surface area (Å²) >= 11 is 1.93. The number of hydrogen-bond donors (Lipinski definition) is 0. The lowest BCUT2D eigenvalue weighted by molar-refractivity contribution is 1.57. The minimum absolute atomic E-state index is 0.709. The molecule has 1 aromatic carbocycles. The van der Waals surface area contributed by atoms with E-state index in [4.69, 9.17) is 0 Å².